The van der Waals surface area contributed by atoms with Crippen molar-refractivity contribution in [3.8, 4) is 0 Å². The molecular formula is C7H7N3O. The number of hydrogen-bond donors (Lipinski definition) is 1. The first-order chi connectivity index (χ1) is 5.40. The summed E-state index contributed by atoms with van der Waals surface area (Å²) in [6.07, 6.45) is 1.37. The van der Waals surface area contributed by atoms with Crippen LogP contribution in [-0.2, 0) is 6.54 Å². The van der Waals surface area contributed by atoms with Crippen molar-refractivity contribution in [1.29, 1.82) is 0 Å². The van der Waals surface area contributed by atoms with Gasteiger partial charge >= 0.3 is 0 Å². The van der Waals surface area contributed by atoms with E-state index in [2.05, 4.69) is 9.97 Å². The van der Waals surface area contributed by atoms with E-state index in [-0.39, 0.29) is 0 Å². The normalized spacial score (nSPS) is 10.6. The highest BCUT2D eigenvalue weighted by atomic mass is 16.3. The maximum atomic E-state index is 5.39. The number of aromatic nitrogens is 2. The van der Waals surface area contributed by atoms with Crippen LogP contribution in [0, 0.1) is 0 Å². The second-order valence-corrected chi connectivity index (χ2v) is 2.18. The summed E-state index contributed by atoms with van der Waals surface area (Å²) >= 11 is 0. The van der Waals surface area contributed by atoms with Crippen LogP contribution >= 0.6 is 0 Å². The highest BCUT2D eigenvalue weighted by Crippen LogP contribution is 2.08. The van der Waals surface area contributed by atoms with Gasteiger partial charge in [0, 0.05) is 6.54 Å². The van der Waals surface area contributed by atoms with Crippen molar-refractivity contribution in [2.24, 2.45) is 5.73 Å². The average molecular weight is 149 g/mol. The van der Waals surface area contributed by atoms with Crippen LogP contribution in [0.25, 0.3) is 11.2 Å². The van der Waals surface area contributed by atoms with E-state index < -0.39 is 0 Å². The van der Waals surface area contributed by atoms with Gasteiger partial charge in [0.05, 0.1) is 5.69 Å². The van der Waals surface area contributed by atoms with E-state index >= 15 is 0 Å². The van der Waals surface area contributed by atoms with Gasteiger partial charge in [0.25, 0.3) is 0 Å². The van der Waals surface area contributed by atoms with E-state index in [1.807, 2.05) is 12.1 Å². The number of nitrogens with zero attached hydrogens (tertiary/aromatic N) is 2. The standard InChI is InChI=1S/C7H7N3O/c8-3-5-1-2-6-7(10-5)11-4-9-6/h1-2,4H,3,8H2. The smallest absolute Gasteiger partial charge is 0.246 e. The van der Waals surface area contributed by atoms with E-state index in [4.69, 9.17) is 10.2 Å². The lowest BCUT2D eigenvalue weighted by Gasteiger charge is -1.91. The Kier molecular flexibility index (Phi) is 1.33. The van der Waals surface area contributed by atoms with Crippen molar-refractivity contribution in [3.05, 3.63) is 24.2 Å². The van der Waals surface area contributed by atoms with Crippen LogP contribution in [0.1, 0.15) is 5.69 Å². The molecule has 4 heteroatoms. The number of fused-ring (bicyclic) bond motifs is 1. The van der Waals surface area contributed by atoms with Gasteiger partial charge in [-0.25, -0.2) is 9.97 Å². The maximum absolute atomic E-state index is 5.39. The third-order valence-corrected chi connectivity index (χ3v) is 1.46. The molecule has 0 spiro atoms. The second kappa shape index (κ2) is 2.32. The molecule has 0 amide bonds. The van der Waals surface area contributed by atoms with Gasteiger partial charge in [0.2, 0.25) is 5.71 Å². The second-order valence-electron chi connectivity index (χ2n) is 2.18. The van der Waals surface area contributed by atoms with Gasteiger partial charge in [-0.05, 0) is 12.1 Å². The van der Waals surface area contributed by atoms with Crippen molar-refractivity contribution in [1.82, 2.24) is 9.97 Å². The molecule has 0 saturated carbocycles. The summed E-state index contributed by atoms with van der Waals surface area (Å²) in [7, 11) is 0. The van der Waals surface area contributed by atoms with E-state index in [1.54, 1.807) is 0 Å². The molecule has 0 aromatic carbocycles. The molecule has 0 aliphatic carbocycles. The maximum Gasteiger partial charge on any atom is 0.246 e. The van der Waals surface area contributed by atoms with Crippen LogP contribution in [0.15, 0.2) is 22.9 Å². The van der Waals surface area contributed by atoms with Gasteiger partial charge < -0.3 is 10.2 Å². The van der Waals surface area contributed by atoms with Crippen LogP contribution in [0.3, 0.4) is 0 Å². The first-order valence-electron chi connectivity index (χ1n) is 3.29. The summed E-state index contributed by atoms with van der Waals surface area (Å²) in [5.41, 5.74) is 7.51. The molecule has 0 fully saturated rings. The number of hydrogen-bond acceptors (Lipinski definition) is 4. The van der Waals surface area contributed by atoms with Crippen LogP contribution in [0.5, 0.6) is 0 Å². The minimum Gasteiger partial charge on any atom is -0.425 e. The Morgan fingerprint density at radius 3 is 3.18 bits per heavy atom. The molecule has 0 aliphatic rings. The number of pyridine rings is 1. The third kappa shape index (κ3) is 0.969. The van der Waals surface area contributed by atoms with Crippen LogP contribution in [-0.4, -0.2) is 9.97 Å². The van der Waals surface area contributed by atoms with Crippen molar-refractivity contribution >= 4 is 11.2 Å². The Morgan fingerprint density at radius 1 is 1.45 bits per heavy atom. The van der Waals surface area contributed by atoms with Gasteiger partial charge in [0.1, 0.15) is 5.52 Å². The molecule has 0 radical (unpaired) electrons. The van der Waals surface area contributed by atoms with E-state index in [1.165, 1.54) is 6.39 Å². The Bertz CT molecular complexity index is 368. The molecular weight excluding hydrogens is 142 g/mol. The molecule has 2 rings (SSSR count). The monoisotopic (exact) mass is 149 g/mol. The molecule has 2 aromatic rings. The molecule has 2 heterocycles. The Hall–Kier alpha value is -1.42. The zero-order valence-corrected chi connectivity index (χ0v) is 5.82. The molecule has 56 valence electrons. The minimum atomic E-state index is 0.427. The summed E-state index contributed by atoms with van der Waals surface area (Å²) in [4.78, 5) is 8.02. The van der Waals surface area contributed by atoms with Crippen LogP contribution in [0.4, 0.5) is 0 Å². The van der Waals surface area contributed by atoms with Crippen LogP contribution < -0.4 is 5.73 Å². The lowest BCUT2D eigenvalue weighted by Crippen LogP contribution is -1.98. The van der Waals surface area contributed by atoms with Crippen LogP contribution in [0.2, 0.25) is 0 Å². The molecule has 0 saturated heterocycles. The molecule has 2 N–H and O–H groups in total. The molecule has 0 aliphatic heterocycles. The van der Waals surface area contributed by atoms with Gasteiger partial charge in [-0.1, -0.05) is 0 Å². The van der Waals surface area contributed by atoms with Crippen molar-refractivity contribution < 1.29 is 4.42 Å². The van der Waals surface area contributed by atoms with Gasteiger partial charge in [-0.2, -0.15) is 0 Å². The highest BCUT2D eigenvalue weighted by molar-refractivity contribution is 5.67. The summed E-state index contributed by atoms with van der Waals surface area (Å²) in [6, 6.07) is 3.68. The first kappa shape index (κ1) is 6.30. The van der Waals surface area contributed by atoms with Gasteiger partial charge in [-0.15, -0.1) is 0 Å². The third-order valence-electron chi connectivity index (χ3n) is 1.46. The quantitative estimate of drug-likeness (QED) is 0.647. The van der Waals surface area contributed by atoms with Crippen molar-refractivity contribution in [2.45, 2.75) is 6.54 Å². The van der Waals surface area contributed by atoms with Crippen molar-refractivity contribution in [2.75, 3.05) is 0 Å². The number of rotatable bonds is 1. The molecule has 2 aromatic heterocycles. The predicted octanol–water partition coefficient (Wildman–Crippen LogP) is 0.681. The van der Waals surface area contributed by atoms with Crippen molar-refractivity contribution in [3.63, 3.8) is 0 Å². The molecule has 0 unspecified atom stereocenters. The molecule has 11 heavy (non-hydrogen) atoms. The fourth-order valence-electron chi connectivity index (χ4n) is 0.903. The Balaban J connectivity index is 2.67. The average Bonchev–Trinajstić information content (AvgIpc) is 2.50. The molecule has 0 atom stereocenters. The summed E-state index contributed by atoms with van der Waals surface area (Å²) in [6.45, 7) is 0.427. The lowest BCUT2D eigenvalue weighted by molar-refractivity contribution is 0.589. The largest absolute Gasteiger partial charge is 0.425 e. The summed E-state index contributed by atoms with van der Waals surface area (Å²) in [5.74, 6) is 0. The van der Waals surface area contributed by atoms with Gasteiger partial charge in [-0.3, -0.25) is 0 Å². The highest BCUT2D eigenvalue weighted by Gasteiger charge is 1.99. The summed E-state index contributed by atoms with van der Waals surface area (Å²) < 4.78 is 4.98. The topological polar surface area (TPSA) is 64.9 Å². The fraction of sp³-hybridized carbons (Fsp3) is 0.143. The Morgan fingerprint density at radius 2 is 2.36 bits per heavy atom. The number of nitrogens with two attached hydrogens (primary N) is 1. The lowest BCUT2D eigenvalue weighted by atomic mass is 10.3. The fourth-order valence-corrected chi connectivity index (χ4v) is 0.903. The van der Waals surface area contributed by atoms with E-state index in [0.29, 0.717) is 12.3 Å². The van der Waals surface area contributed by atoms with Gasteiger partial charge in [0.15, 0.2) is 6.39 Å². The molecule has 4 nitrogen and oxygen atoms in total. The minimum absolute atomic E-state index is 0.427. The van der Waals surface area contributed by atoms with E-state index in [9.17, 15) is 0 Å². The number of oxazole rings is 1. The zero-order valence-electron chi connectivity index (χ0n) is 5.82. The summed E-state index contributed by atoms with van der Waals surface area (Å²) in [5, 5.41) is 0. The predicted molar refractivity (Wildman–Crippen MR) is 39.7 cm³/mol. The molecule has 0 bridgehead atoms. The Labute approximate surface area is 63.1 Å². The SMILES string of the molecule is NCc1ccc2ncoc2n1. The van der Waals surface area contributed by atoms with E-state index in [0.717, 1.165) is 11.2 Å². The zero-order chi connectivity index (χ0) is 7.68. The first-order valence-corrected chi connectivity index (χ1v) is 3.29.